The fraction of sp³-hybridized carbons (Fsp3) is 0.167. The summed E-state index contributed by atoms with van der Waals surface area (Å²) in [5.74, 6) is 0. The van der Waals surface area contributed by atoms with E-state index in [0.29, 0.717) is 0 Å². The van der Waals surface area contributed by atoms with Gasteiger partial charge in [0.15, 0.2) is 0 Å². The van der Waals surface area contributed by atoms with Gasteiger partial charge in [0.25, 0.3) is 0 Å². The Morgan fingerprint density at radius 1 is 0.857 bits per heavy atom. The second kappa shape index (κ2) is 7.56. The average Bonchev–Trinajstić information content (AvgIpc) is 2.70. The van der Waals surface area contributed by atoms with Crippen LogP contribution in [0.3, 0.4) is 0 Å². The highest BCUT2D eigenvalue weighted by atomic mass is 32.1. The molecule has 4 heteroatoms. The molecule has 0 unspecified atom stereocenters. The summed E-state index contributed by atoms with van der Waals surface area (Å²) < 4.78 is 3.32. The summed E-state index contributed by atoms with van der Waals surface area (Å²) in [6.07, 6.45) is 4.32. The van der Waals surface area contributed by atoms with Crippen LogP contribution in [0.1, 0.15) is 11.1 Å². The Bertz CT molecular complexity index is 1200. The molecule has 4 rings (SSSR count). The molecule has 0 spiro atoms. The molecule has 1 heterocycles. The predicted octanol–water partition coefficient (Wildman–Crippen LogP) is 4.67. The maximum Gasteiger partial charge on any atom is 0.201 e. The van der Waals surface area contributed by atoms with Crippen molar-refractivity contribution in [1.29, 1.82) is 0 Å². The molecule has 1 aliphatic carbocycles. The summed E-state index contributed by atoms with van der Waals surface area (Å²) >= 11 is 1.80. The van der Waals surface area contributed by atoms with Gasteiger partial charge in [-0.15, -0.1) is 11.3 Å². The number of hydrogen-bond donors (Lipinski definition) is 0. The van der Waals surface area contributed by atoms with Crippen molar-refractivity contribution in [3.8, 4) is 10.6 Å². The third-order valence-electron chi connectivity index (χ3n) is 4.78. The molecule has 0 fully saturated rings. The van der Waals surface area contributed by atoms with Gasteiger partial charge in [-0.2, -0.15) is 0 Å². The zero-order chi connectivity index (χ0) is 19.7. The van der Waals surface area contributed by atoms with E-state index in [2.05, 4.69) is 110 Å². The molecule has 0 bridgehead atoms. The van der Waals surface area contributed by atoms with Gasteiger partial charge in [0.2, 0.25) is 5.36 Å². The van der Waals surface area contributed by atoms with Crippen LogP contribution in [-0.2, 0) is 0 Å². The molecule has 0 amide bonds. The van der Waals surface area contributed by atoms with E-state index in [9.17, 15) is 0 Å². The molecule has 1 aliphatic heterocycles. The quantitative estimate of drug-likeness (QED) is 0.290. The lowest BCUT2D eigenvalue weighted by molar-refractivity contribution is 0.814. The third-order valence-corrected chi connectivity index (χ3v) is 5.88. The lowest BCUT2D eigenvalue weighted by Crippen LogP contribution is -2.21. The van der Waals surface area contributed by atoms with E-state index in [1.165, 1.54) is 31.7 Å². The number of anilines is 1. The Morgan fingerprint density at radius 3 is 2.29 bits per heavy atom. The Morgan fingerprint density at radius 2 is 1.57 bits per heavy atom. The smallest absolute Gasteiger partial charge is 0.201 e. The highest BCUT2D eigenvalue weighted by Gasteiger charge is 2.08. The number of nitrogens with zero attached hydrogens (tertiary/aromatic N) is 3. The summed E-state index contributed by atoms with van der Waals surface area (Å²) in [5, 5.41) is 1.20. The van der Waals surface area contributed by atoms with Crippen LogP contribution >= 0.6 is 11.3 Å². The second-order valence-corrected chi connectivity index (χ2v) is 8.39. The van der Waals surface area contributed by atoms with E-state index < -0.39 is 0 Å². The van der Waals surface area contributed by atoms with Gasteiger partial charge in [-0.05, 0) is 41.5 Å². The number of fused-ring (bicyclic) bond motifs is 2. The standard InChI is InChI=1S/C24H24N3S/c1-26(2)19-10-7-17(8-11-19)5-6-18-9-13-21-23(15-18)28-24-16-20(27(3)4)12-14-22(24)25-21/h5-16H,1-4H3/q+1. The van der Waals surface area contributed by atoms with Gasteiger partial charge in [0.05, 0.1) is 20.8 Å². The zero-order valence-corrected chi connectivity index (χ0v) is 17.5. The van der Waals surface area contributed by atoms with Crippen LogP contribution in [0.25, 0.3) is 32.9 Å². The minimum absolute atomic E-state index is 1.04. The summed E-state index contributed by atoms with van der Waals surface area (Å²) in [6.45, 7) is 0. The minimum Gasteiger partial charge on any atom is -0.378 e. The Kier molecular flexibility index (Phi) is 4.97. The highest BCUT2D eigenvalue weighted by molar-refractivity contribution is 7.21. The van der Waals surface area contributed by atoms with Gasteiger partial charge in [-0.1, -0.05) is 30.4 Å². The van der Waals surface area contributed by atoms with Gasteiger partial charge >= 0.3 is 0 Å². The van der Waals surface area contributed by atoms with Crippen molar-refractivity contribution < 1.29 is 0 Å². The topological polar surface area (TPSA) is 19.1 Å². The highest BCUT2D eigenvalue weighted by Crippen LogP contribution is 2.30. The molecule has 0 saturated heterocycles. The van der Waals surface area contributed by atoms with E-state index in [4.69, 9.17) is 4.98 Å². The van der Waals surface area contributed by atoms with Gasteiger partial charge in [0, 0.05) is 31.9 Å². The first-order valence-corrected chi connectivity index (χ1v) is 10.1. The molecule has 0 saturated carbocycles. The molecule has 28 heavy (non-hydrogen) atoms. The van der Waals surface area contributed by atoms with Gasteiger partial charge in [-0.3, -0.25) is 0 Å². The molecular weight excluding hydrogens is 362 g/mol. The molecule has 0 radical (unpaired) electrons. The number of rotatable bonds is 3. The van der Waals surface area contributed by atoms with Crippen LogP contribution in [0.5, 0.6) is 0 Å². The van der Waals surface area contributed by atoms with E-state index >= 15 is 0 Å². The molecule has 0 atom stereocenters. The van der Waals surface area contributed by atoms with Crippen LogP contribution < -0.4 is 14.8 Å². The van der Waals surface area contributed by atoms with Crippen molar-refractivity contribution >= 4 is 39.4 Å². The normalized spacial score (nSPS) is 11.4. The molecule has 3 nitrogen and oxygen atoms in total. The lowest BCUT2D eigenvalue weighted by atomic mass is 10.1. The SMILES string of the molecule is CN(C)c1ccc(C=Cc2ccc3nc4ccc(=[N+](C)C)cc-4sc3c2)cc1. The zero-order valence-electron chi connectivity index (χ0n) is 16.7. The van der Waals surface area contributed by atoms with Crippen LogP contribution in [0.15, 0.2) is 60.7 Å². The van der Waals surface area contributed by atoms with Crippen LogP contribution in [0.4, 0.5) is 5.69 Å². The maximum absolute atomic E-state index is 4.83. The molecule has 140 valence electrons. The van der Waals surface area contributed by atoms with Crippen molar-refractivity contribution in [3.05, 3.63) is 77.1 Å². The van der Waals surface area contributed by atoms with Crippen molar-refractivity contribution in [2.75, 3.05) is 33.1 Å². The number of aromatic nitrogens is 1. The maximum atomic E-state index is 4.83. The Balaban J connectivity index is 1.69. The van der Waals surface area contributed by atoms with Crippen molar-refractivity contribution in [2.24, 2.45) is 0 Å². The minimum atomic E-state index is 1.04. The summed E-state index contributed by atoms with van der Waals surface area (Å²) in [5.41, 5.74) is 5.68. The largest absolute Gasteiger partial charge is 0.378 e. The summed E-state index contributed by atoms with van der Waals surface area (Å²) in [6, 6.07) is 21.5. The van der Waals surface area contributed by atoms with Crippen molar-refractivity contribution in [2.45, 2.75) is 0 Å². The molecule has 2 aliphatic rings. The average molecular weight is 387 g/mol. The summed E-state index contributed by atoms with van der Waals surface area (Å²) in [4.78, 5) is 8.14. The lowest BCUT2D eigenvalue weighted by Gasteiger charge is -2.11. The fourth-order valence-electron chi connectivity index (χ4n) is 3.09. The molecule has 2 aromatic carbocycles. The van der Waals surface area contributed by atoms with Gasteiger partial charge < -0.3 is 4.90 Å². The summed E-state index contributed by atoms with van der Waals surface area (Å²) in [7, 11) is 8.24. The third kappa shape index (κ3) is 3.82. The molecular formula is C24H24N3S+. The van der Waals surface area contributed by atoms with Crippen LogP contribution in [-0.4, -0.2) is 33.2 Å². The molecule has 0 N–H and O–H groups in total. The number of hydrogen-bond acceptors (Lipinski definition) is 3. The predicted molar refractivity (Wildman–Crippen MR) is 123 cm³/mol. The Hall–Kier alpha value is -2.98. The van der Waals surface area contributed by atoms with Crippen LogP contribution in [0, 0.1) is 0 Å². The number of benzene rings is 3. The van der Waals surface area contributed by atoms with Gasteiger partial charge in [-0.25, -0.2) is 9.56 Å². The van der Waals surface area contributed by atoms with Gasteiger partial charge in [0.1, 0.15) is 14.1 Å². The fourth-order valence-corrected chi connectivity index (χ4v) is 4.14. The van der Waals surface area contributed by atoms with Crippen molar-refractivity contribution in [1.82, 2.24) is 9.56 Å². The van der Waals surface area contributed by atoms with Crippen molar-refractivity contribution in [3.63, 3.8) is 0 Å². The van der Waals surface area contributed by atoms with E-state index in [1.807, 2.05) is 0 Å². The molecule has 0 aromatic heterocycles. The van der Waals surface area contributed by atoms with Crippen LogP contribution in [0.2, 0.25) is 0 Å². The monoisotopic (exact) mass is 386 g/mol. The first-order chi connectivity index (χ1) is 13.5. The van der Waals surface area contributed by atoms with E-state index in [1.54, 1.807) is 11.3 Å². The first-order valence-electron chi connectivity index (χ1n) is 9.30. The van der Waals surface area contributed by atoms with E-state index in [-0.39, 0.29) is 0 Å². The second-order valence-electron chi connectivity index (χ2n) is 7.31. The molecule has 2 aromatic rings. The Labute approximate surface area is 169 Å². The van der Waals surface area contributed by atoms with E-state index in [0.717, 1.165) is 11.2 Å². The first kappa shape index (κ1) is 18.4.